The third-order valence-electron chi connectivity index (χ3n) is 4.24. The van der Waals surface area contributed by atoms with Gasteiger partial charge in [-0.25, -0.2) is 4.39 Å². The van der Waals surface area contributed by atoms with Crippen LogP contribution in [0.4, 0.5) is 4.39 Å². The lowest BCUT2D eigenvalue weighted by Gasteiger charge is -2.24. The molecule has 0 bridgehead atoms. The maximum Gasteiger partial charge on any atom is 0.317 e. The van der Waals surface area contributed by atoms with E-state index in [0.717, 1.165) is 5.56 Å². The Hall–Kier alpha value is -2.90. The second-order valence-electron chi connectivity index (χ2n) is 6.68. The lowest BCUT2D eigenvalue weighted by atomic mass is 10.0. The molecule has 2 aromatic carbocycles. The first-order valence-electron chi connectivity index (χ1n) is 8.83. The Labute approximate surface area is 160 Å². The summed E-state index contributed by atoms with van der Waals surface area (Å²) in [5.74, 6) is 5.13. The van der Waals surface area contributed by atoms with E-state index in [-0.39, 0.29) is 12.4 Å². The van der Waals surface area contributed by atoms with Crippen LogP contribution in [0, 0.1) is 17.7 Å². The summed E-state index contributed by atoms with van der Waals surface area (Å²) in [5.41, 5.74) is 2.57. The number of allylic oxidation sites excluding steroid dienone is 1. The molecule has 0 aromatic heterocycles. The zero-order chi connectivity index (χ0) is 19.8. The molecular formula is C23H24FNO2. The van der Waals surface area contributed by atoms with Gasteiger partial charge < -0.3 is 5.11 Å². The van der Waals surface area contributed by atoms with Gasteiger partial charge in [0.25, 0.3) is 0 Å². The number of carboxylic acid groups (broad SMARTS) is 1. The molecule has 3 nitrogen and oxygen atoms in total. The number of aliphatic carboxylic acids is 1. The number of carboxylic acids is 1. The fourth-order valence-electron chi connectivity index (χ4n) is 2.73. The van der Waals surface area contributed by atoms with Crippen molar-refractivity contribution in [3.8, 4) is 11.8 Å². The molecule has 0 aliphatic rings. The van der Waals surface area contributed by atoms with Gasteiger partial charge in [0.2, 0.25) is 0 Å². The Kier molecular flexibility index (Phi) is 7.34. The minimum absolute atomic E-state index is 0.201. The molecule has 27 heavy (non-hydrogen) atoms. The molecule has 0 saturated heterocycles. The number of hydrogen-bond acceptors (Lipinski definition) is 2. The van der Waals surface area contributed by atoms with E-state index in [4.69, 9.17) is 5.11 Å². The number of benzene rings is 2. The van der Waals surface area contributed by atoms with Crippen LogP contribution in [0.25, 0.3) is 0 Å². The van der Waals surface area contributed by atoms with Crippen molar-refractivity contribution in [2.24, 2.45) is 0 Å². The third kappa shape index (κ3) is 6.09. The molecule has 1 atom stereocenters. The third-order valence-corrected chi connectivity index (χ3v) is 4.24. The Morgan fingerprint density at radius 3 is 2.44 bits per heavy atom. The van der Waals surface area contributed by atoms with Gasteiger partial charge >= 0.3 is 5.97 Å². The minimum atomic E-state index is -0.969. The highest BCUT2D eigenvalue weighted by Gasteiger charge is 2.19. The SMILES string of the molecule is CC(C)c1ccc(C#C/C=C/C(c2ccccc2F)N(C)CC(=O)O)cc1. The van der Waals surface area contributed by atoms with Crippen LogP contribution in [0.5, 0.6) is 0 Å². The van der Waals surface area contributed by atoms with Crippen LogP contribution in [0.2, 0.25) is 0 Å². The Morgan fingerprint density at radius 2 is 1.85 bits per heavy atom. The summed E-state index contributed by atoms with van der Waals surface area (Å²) in [6.07, 6.45) is 3.36. The Balaban J connectivity index is 2.20. The average Bonchev–Trinajstić information content (AvgIpc) is 2.62. The van der Waals surface area contributed by atoms with Gasteiger partial charge in [-0.1, -0.05) is 62.1 Å². The molecule has 0 radical (unpaired) electrons. The number of hydrogen-bond donors (Lipinski definition) is 1. The molecule has 1 unspecified atom stereocenters. The number of nitrogens with zero attached hydrogens (tertiary/aromatic N) is 1. The molecule has 0 fully saturated rings. The summed E-state index contributed by atoms with van der Waals surface area (Å²) in [7, 11) is 1.65. The van der Waals surface area contributed by atoms with E-state index in [2.05, 4.69) is 37.8 Å². The molecule has 2 aromatic rings. The number of halogens is 1. The van der Waals surface area contributed by atoms with Crippen molar-refractivity contribution in [3.05, 3.63) is 83.2 Å². The quantitative estimate of drug-likeness (QED) is 0.760. The van der Waals surface area contributed by atoms with E-state index in [9.17, 15) is 9.18 Å². The molecule has 1 N–H and O–H groups in total. The minimum Gasteiger partial charge on any atom is -0.480 e. The number of carbonyl (C=O) groups is 1. The van der Waals surface area contributed by atoms with Crippen LogP contribution < -0.4 is 0 Å². The molecular weight excluding hydrogens is 341 g/mol. The van der Waals surface area contributed by atoms with E-state index in [1.807, 2.05) is 12.1 Å². The Morgan fingerprint density at radius 1 is 1.19 bits per heavy atom. The van der Waals surface area contributed by atoms with Gasteiger partial charge in [0.1, 0.15) is 5.82 Å². The van der Waals surface area contributed by atoms with E-state index < -0.39 is 12.0 Å². The summed E-state index contributed by atoms with van der Waals surface area (Å²) in [5, 5.41) is 9.04. The van der Waals surface area contributed by atoms with Gasteiger partial charge in [-0.3, -0.25) is 9.69 Å². The molecule has 0 aliphatic carbocycles. The number of rotatable bonds is 6. The van der Waals surface area contributed by atoms with Crippen molar-refractivity contribution in [2.75, 3.05) is 13.6 Å². The zero-order valence-electron chi connectivity index (χ0n) is 15.8. The topological polar surface area (TPSA) is 40.5 Å². The summed E-state index contributed by atoms with van der Waals surface area (Å²) >= 11 is 0. The predicted octanol–water partition coefficient (Wildman–Crippen LogP) is 4.61. The second-order valence-corrected chi connectivity index (χ2v) is 6.68. The average molecular weight is 365 g/mol. The van der Waals surface area contributed by atoms with Gasteiger partial charge in [-0.15, -0.1) is 0 Å². The summed E-state index contributed by atoms with van der Waals surface area (Å²) < 4.78 is 14.2. The maximum atomic E-state index is 14.2. The van der Waals surface area contributed by atoms with Gasteiger partial charge in [0.15, 0.2) is 0 Å². The van der Waals surface area contributed by atoms with Crippen molar-refractivity contribution in [2.45, 2.75) is 25.8 Å². The molecule has 140 valence electrons. The van der Waals surface area contributed by atoms with Crippen molar-refractivity contribution >= 4 is 5.97 Å². The van der Waals surface area contributed by atoms with E-state index in [1.54, 1.807) is 42.3 Å². The fraction of sp³-hybridized carbons (Fsp3) is 0.261. The van der Waals surface area contributed by atoms with Crippen molar-refractivity contribution in [1.29, 1.82) is 0 Å². The van der Waals surface area contributed by atoms with Gasteiger partial charge in [-0.2, -0.15) is 0 Å². The number of likely N-dealkylation sites (N-methyl/N-ethyl adjacent to an activating group) is 1. The van der Waals surface area contributed by atoms with Gasteiger partial charge in [0.05, 0.1) is 12.6 Å². The van der Waals surface area contributed by atoms with E-state index in [0.29, 0.717) is 11.5 Å². The Bertz CT molecular complexity index is 860. The monoisotopic (exact) mass is 365 g/mol. The van der Waals surface area contributed by atoms with Crippen LogP contribution >= 0.6 is 0 Å². The van der Waals surface area contributed by atoms with Crippen LogP contribution in [0.1, 0.15) is 42.5 Å². The van der Waals surface area contributed by atoms with Crippen molar-refractivity contribution < 1.29 is 14.3 Å². The van der Waals surface area contributed by atoms with Gasteiger partial charge in [-0.05, 0) is 42.8 Å². The molecule has 0 amide bonds. The zero-order valence-corrected chi connectivity index (χ0v) is 15.8. The molecule has 0 heterocycles. The van der Waals surface area contributed by atoms with Crippen molar-refractivity contribution in [3.63, 3.8) is 0 Å². The first-order valence-corrected chi connectivity index (χ1v) is 8.83. The van der Waals surface area contributed by atoms with Crippen LogP contribution in [0.3, 0.4) is 0 Å². The largest absolute Gasteiger partial charge is 0.480 e. The highest BCUT2D eigenvalue weighted by atomic mass is 19.1. The lowest BCUT2D eigenvalue weighted by molar-refractivity contribution is -0.138. The van der Waals surface area contributed by atoms with Crippen LogP contribution in [-0.4, -0.2) is 29.6 Å². The molecule has 4 heteroatoms. The predicted molar refractivity (Wildman–Crippen MR) is 106 cm³/mol. The highest BCUT2D eigenvalue weighted by molar-refractivity contribution is 5.69. The summed E-state index contributed by atoms with van der Waals surface area (Å²) in [6.45, 7) is 4.08. The molecule has 0 aliphatic heterocycles. The molecule has 0 saturated carbocycles. The van der Waals surface area contributed by atoms with E-state index in [1.165, 1.54) is 11.6 Å². The van der Waals surface area contributed by atoms with Crippen molar-refractivity contribution in [1.82, 2.24) is 4.90 Å². The standard InChI is InChI=1S/C23H24FNO2/c1-17(2)19-14-12-18(13-15-19)8-4-7-11-22(25(3)16-23(26)27)20-9-5-6-10-21(20)24/h5-7,9-15,17,22H,16H2,1-3H3,(H,26,27)/b11-7+. The fourth-order valence-corrected chi connectivity index (χ4v) is 2.73. The summed E-state index contributed by atoms with van der Waals surface area (Å²) in [6, 6.07) is 13.9. The van der Waals surface area contributed by atoms with Gasteiger partial charge in [0, 0.05) is 11.1 Å². The normalized spacial score (nSPS) is 12.2. The van der Waals surface area contributed by atoms with Crippen LogP contribution in [-0.2, 0) is 4.79 Å². The lowest BCUT2D eigenvalue weighted by Crippen LogP contribution is -2.29. The molecule has 2 rings (SSSR count). The smallest absolute Gasteiger partial charge is 0.317 e. The second kappa shape index (κ2) is 9.70. The first kappa shape index (κ1) is 20.4. The van der Waals surface area contributed by atoms with E-state index >= 15 is 0 Å². The molecule has 0 spiro atoms. The maximum absolute atomic E-state index is 14.2. The van der Waals surface area contributed by atoms with Crippen LogP contribution in [0.15, 0.2) is 60.7 Å². The summed E-state index contributed by atoms with van der Waals surface area (Å²) in [4.78, 5) is 12.6. The highest BCUT2D eigenvalue weighted by Crippen LogP contribution is 2.23. The first-order chi connectivity index (χ1) is 12.9.